The Morgan fingerprint density at radius 3 is 2.10 bits per heavy atom. The molecule has 2 aromatic carbocycles. The Balaban J connectivity index is 2.36. The number of nitrogens with one attached hydrogen (secondary N) is 1. The van der Waals surface area contributed by atoms with E-state index in [4.69, 9.17) is 4.74 Å². The number of hydrogen-bond donors (Lipinski definition) is 1. The fourth-order valence-electron chi connectivity index (χ4n) is 3.61. The van der Waals surface area contributed by atoms with Gasteiger partial charge in [-0.1, -0.05) is 50.6 Å². The van der Waals surface area contributed by atoms with E-state index in [9.17, 15) is 13.2 Å². The first-order chi connectivity index (χ1) is 14.6. The van der Waals surface area contributed by atoms with Crippen LogP contribution in [0.4, 0.5) is 5.69 Å². The number of methoxy groups -OCH3 is 1. The van der Waals surface area contributed by atoms with Crippen LogP contribution in [0.2, 0.25) is 0 Å². The van der Waals surface area contributed by atoms with Crippen molar-refractivity contribution in [3.63, 3.8) is 0 Å². The lowest BCUT2D eigenvalue weighted by Crippen LogP contribution is -2.50. The first-order valence-electron chi connectivity index (χ1n) is 10.6. The van der Waals surface area contributed by atoms with Crippen molar-refractivity contribution in [3.8, 4) is 5.75 Å². The quantitative estimate of drug-likeness (QED) is 0.585. The maximum absolute atomic E-state index is 13.3. The molecule has 1 N–H and O–H groups in total. The molecule has 0 unspecified atom stereocenters. The lowest BCUT2D eigenvalue weighted by Gasteiger charge is -2.32. The van der Waals surface area contributed by atoms with Crippen molar-refractivity contribution < 1.29 is 17.9 Å². The van der Waals surface area contributed by atoms with Gasteiger partial charge in [0.05, 0.1) is 25.1 Å². The van der Waals surface area contributed by atoms with E-state index in [1.54, 1.807) is 19.2 Å². The summed E-state index contributed by atoms with van der Waals surface area (Å²) in [6.45, 7) is 7.94. The number of hydrogen-bond acceptors (Lipinski definition) is 4. The third-order valence-electron chi connectivity index (χ3n) is 5.16. The summed E-state index contributed by atoms with van der Waals surface area (Å²) >= 11 is 0. The Labute approximate surface area is 186 Å². The van der Waals surface area contributed by atoms with E-state index in [0.29, 0.717) is 18.0 Å². The van der Waals surface area contributed by atoms with Gasteiger partial charge in [-0.25, -0.2) is 8.42 Å². The van der Waals surface area contributed by atoms with Gasteiger partial charge in [0.15, 0.2) is 0 Å². The number of nitrogens with zero attached hydrogens (tertiary/aromatic N) is 1. The molecular formula is C24H34N2O4S. The Bertz CT molecular complexity index is 954. The minimum Gasteiger partial charge on any atom is -0.497 e. The van der Waals surface area contributed by atoms with Crippen LogP contribution < -0.4 is 14.4 Å². The predicted molar refractivity (Wildman–Crippen MR) is 126 cm³/mol. The zero-order chi connectivity index (χ0) is 23.2. The monoisotopic (exact) mass is 446 g/mol. The molecule has 0 heterocycles. The third kappa shape index (κ3) is 6.72. The molecule has 0 fully saturated rings. The van der Waals surface area contributed by atoms with E-state index in [-0.39, 0.29) is 11.9 Å². The number of rotatable bonds is 10. The summed E-state index contributed by atoms with van der Waals surface area (Å²) < 4.78 is 31.8. The predicted octanol–water partition coefficient (Wildman–Crippen LogP) is 4.45. The molecule has 7 heteroatoms. The molecule has 0 saturated heterocycles. The summed E-state index contributed by atoms with van der Waals surface area (Å²) in [5, 5.41) is 3.10. The molecule has 1 amide bonds. The number of aryl methyl sites for hydroxylation is 1. The van der Waals surface area contributed by atoms with Gasteiger partial charge >= 0.3 is 0 Å². The van der Waals surface area contributed by atoms with Gasteiger partial charge in [0.2, 0.25) is 15.9 Å². The highest BCUT2D eigenvalue weighted by Gasteiger charge is 2.32. The van der Waals surface area contributed by atoms with E-state index >= 15 is 0 Å². The Kier molecular flexibility index (Phi) is 8.51. The van der Waals surface area contributed by atoms with Gasteiger partial charge in [-0.05, 0) is 55.5 Å². The fourth-order valence-corrected chi connectivity index (χ4v) is 4.82. The molecule has 2 rings (SSSR count). The smallest absolute Gasteiger partial charge is 0.244 e. The lowest BCUT2D eigenvalue weighted by molar-refractivity contribution is -0.123. The van der Waals surface area contributed by atoms with Gasteiger partial charge in [0, 0.05) is 0 Å². The van der Waals surface area contributed by atoms with Gasteiger partial charge < -0.3 is 10.1 Å². The van der Waals surface area contributed by atoms with E-state index in [1.165, 1.54) is 4.31 Å². The number of sulfonamides is 1. The molecule has 2 atom stereocenters. The summed E-state index contributed by atoms with van der Waals surface area (Å²) in [7, 11) is -2.05. The third-order valence-corrected chi connectivity index (χ3v) is 6.34. The lowest BCUT2D eigenvalue weighted by atomic mass is 9.96. The summed E-state index contributed by atoms with van der Waals surface area (Å²) in [5.41, 5.74) is 2.46. The molecule has 0 saturated carbocycles. The summed E-state index contributed by atoms with van der Waals surface area (Å²) in [5.74, 6) is 0.776. The molecular weight excluding hydrogens is 412 g/mol. The maximum atomic E-state index is 13.3. The molecule has 6 nitrogen and oxygen atoms in total. The molecule has 0 aliphatic rings. The van der Waals surface area contributed by atoms with Crippen molar-refractivity contribution in [2.75, 3.05) is 17.7 Å². The normalized spacial score (nSPS) is 13.5. The van der Waals surface area contributed by atoms with Crippen molar-refractivity contribution in [1.82, 2.24) is 5.32 Å². The van der Waals surface area contributed by atoms with Crippen molar-refractivity contribution in [2.24, 2.45) is 5.92 Å². The number of amides is 1. The first kappa shape index (κ1) is 24.7. The van der Waals surface area contributed by atoms with Crippen molar-refractivity contribution in [2.45, 2.75) is 52.6 Å². The van der Waals surface area contributed by atoms with E-state index in [2.05, 4.69) is 19.2 Å². The van der Waals surface area contributed by atoms with Crippen LogP contribution in [-0.2, 0) is 14.8 Å². The highest BCUT2D eigenvalue weighted by molar-refractivity contribution is 7.92. The van der Waals surface area contributed by atoms with Gasteiger partial charge in [-0.15, -0.1) is 0 Å². The molecule has 170 valence electrons. The van der Waals surface area contributed by atoms with Crippen LogP contribution in [0, 0.1) is 12.8 Å². The highest BCUT2D eigenvalue weighted by atomic mass is 32.2. The minimum atomic E-state index is -3.66. The fraction of sp³-hybridized carbons (Fsp3) is 0.458. The summed E-state index contributed by atoms with van der Waals surface area (Å²) in [6, 6.07) is 13.7. The van der Waals surface area contributed by atoms with E-state index < -0.39 is 16.1 Å². The largest absolute Gasteiger partial charge is 0.497 e. The van der Waals surface area contributed by atoms with Crippen LogP contribution in [0.5, 0.6) is 5.75 Å². The number of carbonyl (C=O) groups excluding carboxylic acids is 1. The van der Waals surface area contributed by atoms with Gasteiger partial charge in [0.1, 0.15) is 11.8 Å². The second kappa shape index (κ2) is 10.7. The Morgan fingerprint density at radius 1 is 1.06 bits per heavy atom. The van der Waals surface area contributed by atoms with Crippen molar-refractivity contribution >= 4 is 21.6 Å². The number of ether oxygens (including phenoxy) is 1. The van der Waals surface area contributed by atoms with Crippen LogP contribution >= 0.6 is 0 Å². The first-order valence-corrected chi connectivity index (χ1v) is 12.4. The molecule has 0 aromatic heterocycles. The van der Waals surface area contributed by atoms with Gasteiger partial charge in [-0.2, -0.15) is 0 Å². The number of benzene rings is 2. The SMILES string of the molecule is CC[C@@H](C(=O)N[C@H](CC(C)C)c1ccc(OC)cc1)N(c1ccc(C)cc1)S(C)(=O)=O. The second-order valence-electron chi connectivity index (χ2n) is 8.28. The maximum Gasteiger partial charge on any atom is 0.244 e. The van der Waals surface area contributed by atoms with Crippen LogP contribution in [0.1, 0.15) is 50.8 Å². The molecule has 31 heavy (non-hydrogen) atoms. The minimum absolute atomic E-state index is 0.230. The van der Waals surface area contributed by atoms with Crippen LogP contribution in [-0.4, -0.2) is 33.7 Å². The van der Waals surface area contributed by atoms with Gasteiger partial charge in [-0.3, -0.25) is 9.10 Å². The van der Waals surface area contributed by atoms with Gasteiger partial charge in [0.25, 0.3) is 0 Å². The van der Waals surface area contributed by atoms with Crippen LogP contribution in [0.25, 0.3) is 0 Å². The Morgan fingerprint density at radius 2 is 1.65 bits per heavy atom. The molecule has 2 aromatic rings. The number of anilines is 1. The number of carbonyl (C=O) groups is 1. The highest BCUT2D eigenvalue weighted by Crippen LogP contribution is 2.26. The molecule has 0 aliphatic carbocycles. The zero-order valence-corrected chi connectivity index (χ0v) is 20.1. The van der Waals surface area contributed by atoms with E-state index in [1.807, 2.05) is 50.2 Å². The second-order valence-corrected chi connectivity index (χ2v) is 10.1. The standard InChI is InChI=1S/C24H34N2O4S/c1-7-23(26(31(6,28)29)20-12-8-18(4)9-13-20)24(27)25-22(16-17(2)3)19-10-14-21(30-5)15-11-19/h8-15,17,22-23H,7,16H2,1-6H3,(H,25,27)/t22-,23+/m1/s1. The Hall–Kier alpha value is -2.54. The molecule has 0 aliphatic heterocycles. The van der Waals surface area contributed by atoms with Crippen LogP contribution in [0.15, 0.2) is 48.5 Å². The topological polar surface area (TPSA) is 75.7 Å². The molecule has 0 radical (unpaired) electrons. The summed E-state index contributed by atoms with van der Waals surface area (Å²) in [4.78, 5) is 13.3. The molecule has 0 bridgehead atoms. The van der Waals surface area contributed by atoms with Crippen molar-refractivity contribution in [3.05, 3.63) is 59.7 Å². The zero-order valence-electron chi connectivity index (χ0n) is 19.3. The molecule has 0 spiro atoms. The van der Waals surface area contributed by atoms with E-state index in [0.717, 1.165) is 29.6 Å². The average Bonchev–Trinajstić information content (AvgIpc) is 2.71. The summed E-state index contributed by atoms with van der Waals surface area (Å²) in [6.07, 6.45) is 2.22. The van der Waals surface area contributed by atoms with Crippen molar-refractivity contribution in [1.29, 1.82) is 0 Å². The van der Waals surface area contributed by atoms with Crippen LogP contribution in [0.3, 0.4) is 0 Å². The average molecular weight is 447 g/mol.